The molecule has 0 aliphatic rings. The highest BCUT2D eigenvalue weighted by Gasteiger charge is 2.17. The van der Waals surface area contributed by atoms with Crippen molar-refractivity contribution in [2.45, 2.75) is 51.8 Å². The summed E-state index contributed by atoms with van der Waals surface area (Å²) < 4.78 is 22.9. The highest BCUT2D eigenvalue weighted by molar-refractivity contribution is 7.91. The molecule has 0 aromatic rings. The smallest absolute Gasteiger partial charge is 0.153 e. The van der Waals surface area contributed by atoms with Gasteiger partial charge in [0, 0.05) is 25.4 Å². The second-order valence-corrected chi connectivity index (χ2v) is 7.24. The molecule has 16 heavy (non-hydrogen) atoms. The van der Waals surface area contributed by atoms with E-state index in [1.165, 1.54) is 0 Å². The lowest BCUT2D eigenvalue weighted by Crippen LogP contribution is -2.26. The summed E-state index contributed by atoms with van der Waals surface area (Å²) in [5, 5.41) is 2.73. The maximum atomic E-state index is 11.4. The van der Waals surface area contributed by atoms with E-state index in [2.05, 4.69) is 5.32 Å². The van der Waals surface area contributed by atoms with Crippen LogP contribution in [-0.2, 0) is 14.6 Å². The van der Waals surface area contributed by atoms with Gasteiger partial charge in [0.05, 0.1) is 11.0 Å². The lowest BCUT2D eigenvalue weighted by Gasteiger charge is -2.08. The molecule has 0 aromatic heterocycles. The van der Waals surface area contributed by atoms with Crippen molar-refractivity contribution in [3.63, 3.8) is 0 Å². The van der Waals surface area contributed by atoms with Crippen molar-refractivity contribution in [3.05, 3.63) is 0 Å². The van der Waals surface area contributed by atoms with Gasteiger partial charge in [0.2, 0.25) is 0 Å². The molecule has 0 heterocycles. The molecule has 0 aliphatic carbocycles. The van der Waals surface area contributed by atoms with E-state index in [-0.39, 0.29) is 18.0 Å². The third-order valence-corrected chi connectivity index (χ3v) is 4.55. The molecule has 1 N–H and O–H groups in total. The van der Waals surface area contributed by atoms with Gasteiger partial charge >= 0.3 is 0 Å². The van der Waals surface area contributed by atoms with E-state index in [1.807, 2.05) is 13.8 Å². The largest absolute Gasteiger partial charge is 0.314 e. The van der Waals surface area contributed by atoms with E-state index >= 15 is 0 Å². The first-order valence-corrected chi connectivity index (χ1v) is 7.44. The second-order valence-electron chi connectivity index (χ2n) is 4.56. The van der Waals surface area contributed by atoms with Gasteiger partial charge in [-0.1, -0.05) is 13.8 Å². The van der Waals surface area contributed by atoms with Crippen molar-refractivity contribution >= 4 is 15.6 Å². The van der Waals surface area contributed by atoms with Gasteiger partial charge in [0.1, 0.15) is 5.78 Å². The van der Waals surface area contributed by atoms with E-state index in [0.717, 1.165) is 0 Å². The summed E-state index contributed by atoms with van der Waals surface area (Å²) in [4.78, 5) is 11.4. The number of nitrogens with one attached hydrogen (secondary N) is 1. The highest BCUT2D eigenvalue weighted by atomic mass is 32.2. The number of hydrogen-bond acceptors (Lipinski definition) is 4. The predicted octanol–water partition coefficient (Wildman–Crippen LogP) is 1.16. The van der Waals surface area contributed by atoms with E-state index < -0.39 is 15.1 Å². The maximum Gasteiger partial charge on any atom is 0.153 e. The molecule has 0 rings (SSSR count). The molecule has 96 valence electrons. The molecule has 5 heteroatoms. The van der Waals surface area contributed by atoms with E-state index in [9.17, 15) is 13.2 Å². The number of ketones is 1. The molecule has 0 radical (unpaired) electrons. The summed E-state index contributed by atoms with van der Waals surface area (Å²) in [5.74, 6) is -0.0112. The Kier molecular flexibility index (Phi) is 6.83. The Balaban J connectivity index is 3.83. The monoisotopic (exact) mass is 249 g/mol. The van der Waals surface area contributed by atoms with Crippen LogP contribution in [0.2, 0.25) is 0 Å². The van der Waals surface area contributed by atoms with Crippen LogP contribution >= 0.6 is 0 Å². The van der Waals surface area contributed by atoms with Crippen molar-refractivity contribution in [1.82, 2.24) is 5.32 Å². The number of carbonyl (C=O) groups is 1. The van der Waals surface area contributed by atoms with Gasteiger partial charge in [-0.2, -0.15) is 0 Å². The van der Waals surface area contributed by atoms with Gasteiger partial charge in [-0.15, -0.1) is 0 Å². The van der Waals surface area contributed by atoms with Crippen LogP contribution in [0.3, 0.4) is 0 Å². The summed E-state index contributed by atoms with van der Waals surface area (Å²) in [6, 6.07) is 0.354. The van der Waals surface area contributed by atoms with E-state index in [4.69, 9.17) is 0 Å². The first kappa shape index (κ1) is 15.6. The molecule has 0 atom stereocenters. The van der Waals surface area contributed by atoms with Crippen molar-refractivity contribution in [3.8, 4) is 0 Å². The Morgan fingerprint density at radius 2 is 1.69 bits per heavy atom. The molecule has 0 fully saturated rings. The average molecular weight is 249 g/mol. The molecule has 0 unspecified atom stereocenters. The van der Waals surface area contributed by atoms with Crippen molar-refractivity contribution in [2.75, 3.05) is 12.3 Å². The van der Waals surface area contributed by atoms with Crippen molar-refractivity contribution in [2.24, 2.45) is 0 Å². The van der Waals surface area contributed by atoms with Crippen LogP contribution in [0.1, 0.15) is 40.5 Å². The summed E-state index contributed by atoms with van der Waals surface area (Å²) in [6.45, 7) is 7.92. The molecule has 0 aliphatic heterocycles. The molecule has 4 nitrogen and oxygen atoms in total. The standard InChI is InChI=1S/C11H23NO3S/c1-9(2)12-7-5-11(13)6-8-16(14,15)10(3)4/h9-10,12H,5-8H2,1-4H3. The fourth-order valence-electron chi connectivity index (χ4n) is 1.12. The summed E-state index contributed by atoms with van der Waals surface area (Å²) >= 11 is 0. The minimum atomic E-state index is -3.08. The molecule has 0 spiro atoms. The minimum absolute atomic E-state index is 0.0115. The molecule has 0 aromatic carbocycles. The van der Waals surface area contributed by atoms with Gasteiger partial charge in [-0.25, -0.2) is 8.42 Å². The lowest BCUT2D eigenvalue weighted by atomic mass is 10.2. The molecule has 0 saturated carbocycles. The summed E-state index contributed by atoms with van der Waals surface area (Å²) in [7, 11) is -3.08. The number of rotatable bonds is 8. The first-order chi connectivity index (χ1) is 7.25. The Hall–Kier alpha value is -0.420. The second kappa shape index (κ2) is 7.01. The fourth-order valence-corrected chi connectivity index (χ4v) is 2.10. The van der Waals surface area contributed by atoms with Crippen LogP contribution in [0, 0.1) is 0 Å². The fraction of sp³-hybridized carbons (Fsp3) is 0.909. The molecular weight excluding hydrogens is 226 g/mol. The number of sulfone groups is 1. The Bertz CT molecular complexity index is 307. The van der Waals surface area contributed by atoms with Crippen LogP contribution in [-0.4, -0.2) is 37.8 Å². The zero-order chi connectivity index (χ0) is 12.8. The van der Waals surface area contributed by atoms with Gasteiger partial charge in [-0.05, 0) is 13.8 Å². The van der Waals surface area contributed by atoms with Crippen molar-refractivity contribution in [1.29, 1.82) is 0 Å². The number of hydrogen-bond donors (Lipinski definition) is 1. The topological polar surface area (TPSA) is 63.2 Å². The van der Waals surface area contributed by atoms with Crippen LogP contribution in [0.5, 0.6) is 0 Å². The SMILES string of the molecule is CC(C)NCCC(=O)CCS(=O)(=O)C(C)C. The number of carbonyl (C=O) groups excluding carboxylic acids is 1. The lowest BCUT2D eigenvalue weighted by molar-refractivity contribution is -0.118. The van der Waals surface area contributed by atoms with Gasteiger partial charge in [-0.3, -0.25) is 4.79 Å². The van der Waals surface area contributed by atoms with Crippen LogP contribution in [0.25, 0.3) is 0 Å². The summed E-state index contributed by atoms with van der Waals surface area (Å²) in [5.41, 5.74) is 0. The predicted molar refractivity (Wildman–Crippen MR) is 66.3 cm³/mol. The highest BCUT2D eigenvalue weighted by Crippen LogP contribution is 2.03. The van der Waals surface area contributed by atoms with Crippen LogP contribution in [0.4, 0.5) is 0 Å². The number of Topliss-reactive ketones (excluding diaryl/α,β-unsaturated/α-hetero) is 1. The first-order valence-electron chi connectivity index (χ1n) is 5.72. The van der Waals surface area contributed by atoms with Gasteiger partial charge in [0.15, 0.2) is 9.84 Å². The maximum absolute atomic E-state index is 11.4. The molecule has 0 saturated heterocycles. The summed E-state index contributed by atoms with van der Waals surface area (Å²) in [6.07, 6.45) is 0.548. The van der Waals surface area contributed by atoms with Crippen molar-refractivity contribution < 1.29 is 13.2 Å². The van der Waals surface area contributed by atoms with Crippen LogP contribution < -0.4 is 5.32 Å². The third kappa shape index (κ3) is 6.95. The Morgan fingerprint density at radius 1 is 1.12 bits per heavy atom. The quantitative estimate of drug-likeness (QED) is 0.701. The molecule has 0 amide bonds. The Labute approximate surface area is 98.7 Å². The zero-order valence-electron chi connectivity index (χ0n) is 10.6. The third-order valence-electron chi connectivity index (χ3n) is 2.34. The van der Waals surface area contributed by atoms with Gasteiger partial charge < -0.3 is 5.32 Å². The normalized spacial score (nSPS) is 12.4. The Morgan fingerprint density at radius 3 is 2.12 bits per heavy atom. The van der Waals surface area contributed by atoms with Gasteiger partial charge in [0.25, 0.3) is 0 Å². The minimum Gasteiger partial charge on any atom is -0.314 e. The van der Waals surface area contributed by atoms with E-state index in [0.29, 0.717) is 19.0 Å². The molecular formula is C11H23NO3S. The average Bonchev–Trinajstić information content (AvgIpc) is 2.14. The molecule has 0 bridgehead atoms. The zero-order valence-corrected chi connectivity index (χ0v) is 11.4. The van der Waals surface area contributed by atoms with Crippen LogP contribution in [0.15, 0.2) is 0 Å². The van der Waals surface area contributed by atoms with E-state index in [1.54, 1.807) is 13.8 Å².